The van der Waals surface area contributed by atoms with Crippen molar-refractivity contribution in [3.05, 3.63) is 30.4 Å². The Hall–Kier alpha value is -1.99. The van der Waals surface area contributed by atoms with E-state index >= 15 is 0 Å². The second-order valence-corrected chi connectivity index (χ2v) is 13.7. The molecular weight excluding hydrogens is 554 g/mol. The molecule has 1 aromatic heterocycles. The molecule has 3 fully saturated rings. The lowest BCUT2D eigenvalue weighted by molar-refractivity contribution is -0.324. The van der Waals surface area contributed by atoms with Gasteiger partial charge in [0.1, 0.15) is 17.8 Å². The Morgan fingerprint density at radius 2 is 1.74 bits per heavy atom. The smallest absolute Gasteiger partial charge is 0.311 e. The summed E-state index contributed by atoms with van der Waals surface area (Å²) in [4.78, 5) is 24.6. The van der Waals surface area contributed by atoms with Crippen LogP contribution in [0.2, 0.25) is 0 Å². The van der Waals surface area contributed by atoms with Crippen molar-refractivity contribution in [3.8, 4) is 0 Å². The van der Waals surface area contributed by atoms with Crippen LogP contribution < -0.4 is 0 Å². The van der Waals surface area contributed by atoms with Crippen LogP contribution in [0.15, 0.2) is 24.5 Å². The first-order valence-corrected chi connectivity index (χ1v) is 15.6. The van der Waals surface area contributed by atoms with Gasteiger partial charge in [-0.15, -0.1) is 0 Å². The van der Waals surface area contributed by atoms with E-state index in [1.807, 2.05) is 59.7 Å². The fourth-order valence-electron chi connectivity index (χ4n) is 7.71. The van der Waals surface area contributed by atoms with Crippen molar-refractivity contribution in [3.63, 3.8) is 0 Å². The van der Waals surface area contributed by atoms with Gasteiger partial charge >= 0.3 is 5.97 Å². The number of esters is 1. The van der Waals surface area contributed by atoms with Crippen molar-refractivity contribution in [2.45, 2.75) is 128 Å². The number of aliphatic hydroxyl groups is 2. The summed E-state index contributed by atoms with van der Waals surface area (Å²) >= 11 is 0. The highest BCUT2D eigenvalue weighted by Gasteiger charge is 2.66. The van der Waals surface area contributed by atoms with Gasteiger partial charge in [-0.1, -0.05) is 20.8 Å². The quantitative estimate of drug-likeness (QED) is 0.482. The SMILES string of the molecule is CC[C@H]1OC(=O)[C@H](C)[C@@H](O)[C@H](C)[C@@H](O[C@@H]2O[C@H](C)C[C@H](N(C)C)[C@H]2O)C2(C)C[C@@H](C)C3(OC1(C)C=C3c1ncccn1)O2. The van der Waals surface area contributed by atoms with Gasteiger partial charge in [-0.25, -0.2) is 9.97 Å². The molecule has 0 saturated carbocycles. The fourth-order valence-corrected chi connectivity index (χ4v) is 7.71. The Bertz CT molecular complexity index is 1200. The molecule has 0 radical (unpaired) electrons. The minimum absolute atomic E-state index is 0.168. The van der Waals surface area contributed by atoms with Crippen molar-refractivity contribution in [1.82, 2.24) is 14.9 Å². The van der Waals surface area contributed by atoms with Crippen LogP contribution in [-0.4, -0.2) is 105 Å². The molecule has 3 bridgehead atoms. The molecule has 4 aliphatic rings. The van der Waals surface area contributed by atoms with E-state index in [1.54, 1.807) is 25.4 Å². The van der Waals surface area contributed by atoms with Crippen molar-refractivity contribution >= 4 is 11.5 Å². The van der Waals surface area contributed by atoms with Gasteiger partial charge in [0.05, 0.1) is 35.4 Å². The van der Waals surface area contributed by atoms with Crippen molar-refractivity contribution < 1.29 is 38.7 Å². The number of cyclic esters (lactones) is 1. The van der Waals surface area contributed by atoms with Crippen LogP contribution in [0.5, 0.6) is 0 Å². The van der Waals surface area contributed by atoms with Crippen LogP contribution in [-0.2, 0) is 28.5 Å². The molecule has 1 spiro atoms. The van der Waals surface area contributed by atoms with E-state index < -0.39 is 65.5 Å². The molecule has 2 N–H and O–H groups in total. The summed E-state index contributed by atoms with van der Waals surface area (Å²) in [6.45, 7) is 13.3. The number of carbonyl (C=O) groups is 1. The van der Waals surface area contributed by atoms with E-state index in [0.717, 1.165) is 0 Å². The second-order valence-electron chi connectivity index (χ2n) is 13.7. The standard InChI is InChI=1S/C32H49N3O8/c1-10-23-30(6)16-21(27-33-12-11-13-34-27)32(42-30)17(2)15-31(7,43-32)26(19(4)24(36)20(5)28(38)40-23)41-29-25(37)22(35(8)9)14-18(3)39-29/h11-13,16-20,22-26,29,36-37H,10,14-15H2,1-9H3/t17-,18-,19+,20-,22+,23-,24+,25-,26-,29+,30?,31?,32?/m1/s1. The fraction of sp³-hybridized carbons (Fsp3) is 0.781. The molecule has 3 saturated heterocycles. The van der Waals surface area contributed by atoms with E-state index in [4.69, 9.17) is 23.7 Å². The summed E-state index contributed by atoms with van der Waals surface area (Å²) in [5.74, 6) is -3.03. The molecule has 240 valence electrons. The zero-order chi connectivity index (χ0) is 31.5. The van der Waals surface area contributed by atoms with Crippen LogP contribution in [0, 0.1) is 17.8 Å². The topological polar surface area (TPSA) is 133 Å². The highest BCUT2D eigenvalue weighted by molar-refractivity contribution is 5.74. The van der Waals surface area contributed by atoms with E-state index in [1.165, 1.54) is 0 Å². The number of likely N-dealkylation sites (N-methyl/N-ethyl adjacent to an activating group) is 1. The minimum atomic E-state index is -1.28. The Morgan fingerprint density at radius 3 is 2.37 bits per heavy atom. The van der Waals surface area contributed by atoms with Crippen LogP contribution in [0.4, 0.5) is 0 Å². The predicted molar refractivity (Wildman–Crippen MR) is 157 cm³/mol. The Morgan fingerprint density at radius 1 is 1.07 bits per heavy atom. The van der Waals surface area contributed by atoms with Gasteiger partial charge in [0, 0.05) is 30.3 Å². The predicted octanol–water partition coefficient (Wildman–Crippen LogP) is 2.94. The highest BCUT2D eigenvalue weighted by Crippen LogP contribution is 2.58. The van der Waals surface area contributed by atoms with E-state index in [2.05, 4.69) is 16.9 Å². The molecular formula is C32H49N3O8. The molecule has 1 aromatic rings. The third-order valence-corrected chi connectivity index (χ3v) is 10.1. The number of nitrogens with zero attached hydrogens (tertiary/aromatic N) is 3. The average Bonchev–Trinajstić information content (AvgIpc) is 3.41. The van der Waals surface area contributed by atoms with Crippen LogP contribution in [0.25, 0.3) is 5.57 Å². The zero-order valence-electron chi connectivity index (χ0n) is 26.9. The van der Waals surface area contributed by atoms with Crippen molar-refractivity contribution in [1.29, 1.82) is 0 Å². The lowest BCUT2D eigenvalue weighted by Gasteiger charge is -2.47. The maximum absolute atomic E-state index is 13.5. The van der Waals surface area contributed by atoms with Gasteiger partial charge in [0.2, 0.25) is 5.79 Å². The Kier molecular flexibility index (Phi) is 8.85. The molecule has 11 heteroatoms. The lowest BCUT2D eigenvalue weighted by Crippen LogP contribution is -2.59. The number of hydrogen-bond donors (Lipinski definition) is 2. The molecule has 0 aliphatic carbocycles. The maximum atomic E-state index is 13.5. The van der Waals surface area contributed by atoms with Crippen molar-refractivity contribution in [2.75, 3.05) is 14.1 Å². The third kappa shape index (κ3) is 5.55. The highest BCUT2D eigenvalue weighted by atomic mass is 16.8. The monoisotopic (exact) mass is 603 g/mol. The molecule has 3 unspecified atom stereocenters. The van der Waals surface area contributed by atoms with Crippen LogP contribution >= 0.6 is 0 Å². The second kappa shape index (κ2) is 11.7. The molecule has 4 aliphatic heterocycles. The molecule has 43 heavy (non-hydrogen) atoms. The molecule has 0 amide bonds. The largest absolute Gasteiger partial charge is 0.459 e. The van der Waals surface area contributed by atoms with Gasteiger partial charge in [-0.05, 0) is 73.2 Å². The van der Waals surface area contributed by atoms with Crippen molar-refractivity contribution in [2.24, 2.45) is 17.8 Å². The number of rotatable bonds is 5. The number of carbonyl (C=O) groups excluding carboxylic acids is 1. The maximum Gasteiger partial charge on any atom is 0.311 e. The summed E-state index contributed by atoms with van der Waals surface area (Å²) in [5, 5.41) is 23.0. The molecule has 5 heterocycles. The summed E-state index contributed by atoms with van der Waals surface area (Å²) in [5.41, 5.74) is -1.42. The number of aliphatic hydroxyl groups excluding tert-OH is 2. The third-order valence-electron chi connectivity index (χ3n) is 10.1. The van der Waals surface area contributed by atoms with E-state index in [9.17, 15) is 15.0 Å². The first-order valence-electron chi connectivity index (χ1n) is 15.6. The van der Waals surface area contributed by atoms with Gasteiger partial charge < -0.3 is 38.8 Å². The lowest BCUT2D eigenvalue weighted by atomic mass is 9.78. The first kappa shape index (κ1) is 32.4. The van der Waals surface area contributed by atoms with Crippen LogP contribution in [0.3, 0.4) is 0 Å². The molecule has 13 atom stereocenters. The minimum Gasteiger partial charge on any atom is -0.459 e. The van der Waals surface area contributed by atoms with Gasteiger partial charge in [-0.2, -0.15) is 0 Å². The zero-order valence-corrected chi connectivity index (χ0v) is 26.9. The Labute approximate surface area is 254 Å². The summed E-state index contributed by atoms with van der Waals surface area (Å²) in [7, 11) is 3.84. The number of fused-ring (bicyclic) bond motifs is 2. The van der Waals surface area contributed by atoms with Crippen LogP contribution in [0.1, 0.15) is 73.6 Å². The number of aromatic nitrogens is 2. The van der Waals surface area contributed by atoms with Gasteiger partial charge in [-0.3, -0.25) is 4.79 Å². The molecule has 0 aromatic carbocycles. The number of hydrogen-bond acceptors (Lipinski definition) is 11. The van der Waals surface area contributed by atoms with E-state index in [0.29, 0.717) is 30.7 Å². The molecule has 11 nitrogen and oxygen atoms in total. The van der Waals surface area contributed by atoms with E-state index in [-0.39, 0.29) is 18.1 Å². The van der Waals surface area contributed by atoms with Gasteiger partial charge in [0.15, 0.2) is 12.1 Å². The normalized spacial score (nSPS) is 47.1. The Balaban J connectivity index is 1.62. The number of ether oxygens (including phenoxy) is 5. The summed E-state index contributed by atoms with van der Waals surface area (Å²) in [6.07, 6.45) is 2.23. The average molecular weight is 604 g/mol. The molecule has 5 rings (SSSR count). The summed E-state index contributed by atoms with van der Waals surface area (Å²) < 4.78 is 33.0. The summed E-state index contributed by atoms with van der Waals surface area (Å²) in [6, 6.07) is 1.56. The van der Waals surface area contributed by atoms with Gasteiger partial charge in [0.25, 0.3) is 0 Å². The first-order chi connectivity index (χ1) is 20.2.